The summed E-state index contributed by atoms with van der Waals surface area (Å²) >= 11 is -2.07. The SMILES string of the molecule is CO.COS(=O)O.Cl. The maximum atomic E-state index is 9.26. The van der Waals surface area contributed by atoms with Crippen molar-refractivity contribution in [1.29, 1.82) is 0 Å². The van der Waals surface area contributed by atoms with Gasteiger partial charge in [-0.3, -0.25) is 8.74 Å². The molecule has 0 aromatic heterocycles. The van der Waals surface area contributed by atoms with Crippen molar-refractivity contribution in [3.63, 3.8) is 0 Å². The fourth-order valence-electron chi connectivity index (χ4n) is 0. The third kappa shape index (κ3) is 33.2. The minimum atomic E-state index is -2.07. The lowest BCUT2D eigenvalue weighted by atomic mass is 11.8. The van der Waals surface area contributed by atoms with E-state index in [1.54, 1.807) is 0 Å². The smallest absolute Gasteiger partial charge is 0.301 e. The molecule has 0 heterocycles. The number of halogens is 1. The van der Waals surface area contributed by atoms with E-state index in [-0.39, 0.29) is 12.4 Å². The van der Waals surface area contributed by atoms with Gasteiger partial charge in [-0.05, 0) is 0 Å². The first-order chi connectivity index (χ1) is 3.27. The molecule has 0 spiro atoms. The van der Waals surface area contributed by atoms with Crippen LogP contribution in [0.3, 0.4) is 0 Å². The van der Waals surface area contributed by atoms with Crippen LogP contribution in [0.15, 0.2) is 0 Å². The fraction of sp³-hybridized carbons (Fsp3) is 1.00. The van der Waals surface area contributed by atoms with Gasteiger partial charge in [0.25, 0.3) is 0 Å². The highest BCUT2D eigenvalue weighted by Crippen LogP contribution is 1.64. The van der Waals surface area contributed by atoms with Crippen molar-refractivity contribution in [2.24, 2.45) is 0 Å². The first-order valence-corrected chi connectivity index (χ1v) is 2.40. The lowest BCUT2D eigenvalue weighted by Gasteiger charge is -1.76. The molecule has 0 saturated carbocycles. The van der Waals surface area contributed by atoms with Gasteiger partial charge in [0.05, 0.1) is 7.11 Å². The molecule has 2 N–H and O–H groups in total. The van der Waals surface area contributed by atoms with Crippen molar-refractivity contribution in [3.8, 4) is 0 Å². The Balaban J connectivity index is -0.0000000750. The molecule has 1 atom stereocenters. The summed E-state index contributed by atoms with van der Waals surface area (Å²) < 4.78 is 20.6. The van der Waals surface area contributed by atoms with Crippen molar-refractivity contribution in [2.45, 2.75) is 0 Å². The highest BCUT2D eigenvalue weighted by molar-refractivity contribution is 7.74. The monoisotopic (exact) mass is 164 g/mol. The van der Waals surface area contributed by atoms with Crippen molar-refractivity contribution >= 4 is 23.8 Å². The Bertz CT molecular complexity index is 49.3. The molecule has 6 heteroatoms. The van der Waals surface area contributed by atoms with Gasteiger partial charge in [-0.25, -0.2) is 0 Å². The Hall–Kier alpha value is 0.320. The number of rotatable bonds is 1. The average Bonchev–Trinajstić information content (AvgIpc) is 1.73. The van der Waals surface area contributed by atoms with Gasteiger partial charge in [-0.1, -0.05) is 0 Å². The van der Waals surface area contributed by atoms with Crippen LogP contribution in [-0.4, -0.2) is 28.1 Å². The minimum absolute atomic E-state index is 0. The second-order valence-electron chi connectivity index (χ2n) is 0.384. The number of hydrogen-bond acceptors (Lipinski definition) is 3. The van der Waals surface area contributed by atoms with Gasteiger partial charge in [0, 0.05) is 7.11 Å². The van der Waals surface area contributed by atoms with E-state index in [4.69, 9.17) is 9.66 Å². The summed E-state index contributed by atoms with van der Waals surface area (Å²) in [6.45, 7) is 0. The molecule has 0 radical (unpaired) electrons. The summed E-state index contributed by atoms with van der Waals surface area (Å²) in [5.74, 6) is 0. The zero-order valence-corrected chi connectivity index (χ0v) is 6.16. The van der Waals surface area contributed by atoms with E-state index >= 15 is 0 Å². The van der Waals surface area contributed by atoms with Crippen LogP contribution in [0.25, 0.3) is 0 Å². The summed E-state index contributed by atoms with van der Waals surface area (Å²) in [6.07, 6.45) is 0. The molecule has 0 aromatic carbocycles. The van der Waals surface area contributed by atoms with Gasteiger partial charge < -0.3 is 5.11 Å². The van der Waals surface area contributed by atoms with Crippen LogP contribution in [-0.2, 0) is 15.5 Å². The van der Waals surface area contributed by atoms with E-state index in [2.05, 4.69) is 4.18 Å². The third-order valence-corrected chi connectivity index (χ3v) is 0.428. The van der Waals surface area contributed by atoms with Gasteiger partial charge in [-0.2, -0.15) is 4.21 Å². The molecular formula is C2H9ClO4S. The third-order valence-electron chi connectivity index (χ3n) is 0.143. The van der Waals surface area contributed by atoms with Crippen molar-refractivity contribution in [3.05, 3.63) is 0 Å². The van der Waals surface area contributed by atoms with Crippen LogP contribution >= 0.6 is 12.4 Å². The van der Waals surface area contributed by atoms with E-state index in [9.17, 15) is 4.21 Å². The Kier molecular flexibility index (Phi) is 30.8. The van der Waals surface area contributed by atoms with Crippen LogP contribution in [0, 0.1) is 0 Å². The molecule has 0 aliphatic carbocycles. The second-order valence-corrected chi connectivity index (χ2v) is 1.15. The highest BCUT2D eigenvalue weighted by Gasteiger charge is 1.75. The average molecular weight is 165 g/mol. The molecule has 0 aliphatic rings. The molecule has 0 amide bonds. The summed E-state index contributed by atoms with van der Waals surface area (Å²) in [7, 11) is 2.15. The summed E-state index contributed by atoms with van der Waals surface area (Å²) in [5.41, 5.74) is 0. The van der Waals surface area contributed by atoms with Crippen molar-refractivity contribution in [1.82, 2.24) is 0 Å². The minimum Gasteiger partial charge on any atom is -0.400 e. The lowest BCUT2D eigenvalue weighted by Crippen LogP contribution is -1.84. The molecule has 54 valence electrons. The topological polar surface area (TPSA) is 66.8 Å². The fourth-order valence-corrected chi connectivity index (χ4v) is 0. The predicted octanol–water partition coefficient (Wildman–Crippen LogP) is -0.200. The van der Waals surface area contributed by atoms with Gasteiger partial charge in [0.1, 0.15) is 0 Å². The lowest BCUT2D eigenvalue weighted by molar-refractivity contribution is 0.379. The largest absolute Gasteiger partial charge is 0.400 e. The molecule has 0 aliphatic heterocycles. The zero-order chi connectivity index (χ0) is 6.28. The van der Waals surface area contributed by atoms with Gasteiger partial charge >= 0.3 is 11.4 Å². The second kappa shape index (κ2) is 15.7. The summed E-state index contributed by atoms with van der Waals surface area (Å²) in [6, 6.07) is 0. The first-order valence-electron chi connectivity index (χ1n) is 1.37. The van der Waals surface area contributed by atoms with E-state index in [1.807, 2.05) is 0 Å². The molecule has 4 nitrogen and oxygen atoms in total. The summed E-state index contributed by atoms with van der Waals surface area (Å²) in [5, 5.41) is 7.00. The molecule has 0 fully saturated rings. The number of aliphatic hydroxyl groups is 1. The van der Waals surface area contributed by atoms with Crippen LogP contribution in [0.5, 0.6) is 0 Å². The van der Waals surface area contributed by atoms with Crippen molar-refractivity contribution in [2.75, 3.05) is 14.2 Å². The van der Waals surface area contributed by atoms with E-state index in [0.717, 1.165) is 14.2 Å². The molecular weight excluding hydrogens is 156 g/mol. The highest BCUT2D eigenvalue weighted by atomic mass is 35.5. The Morgan fingerprint density at radius 1 is 1.50 bits per heavy atom. The Labute approximate surface area is 56.8 Å². The summed E-state index contributed by atoms with van der Waals surface area (Å²) in [4.78, 5) is 0. The maximum Gasteiger partial charge on any atom is 0.301 e. The van der Waals surface area contributed by atoms with E-state index < -0.39 is 11.4 Å². The van der Waals surface area contributed by atoms with E-state index in [0.29, 0.717) is 0 Å². The molecule has 0 rings (SSSR count). The molecule has 0 saturated heterocycles. The van der Waals surface area contributed by atoms with Gasteiger partial charge in [-0.15, -0.1) is 12.4 Å². The normalized spacial score (nSPS) is 10.0. The van der Waals surface area contributed by atoms with Gasteiger partial charge in [0.2, 0.25) is 0 Å². The van der Waals surface area contributed by atoms with Crippen LogP contribution in [0.4, 0.5) is 0 Å². The standard InChI is InChI=1S/CH4O3S.CH4O.ClH/c1-4-5(2)3;1-2;/h1H3,(H,2,3);2H,1H3;1H. The van der Waals surface area contributed by atoms with Crippen LogP contribution in [0.2, 0.25) is 0 Å². The number of hydrogen-bond donors (Lipinski definition) is 2. The number of aliphatic hydroxyl groups excluding tert-OH is 1. The van der Waals surface area contributed by atoms with Crippen molar-refractivity contribution < 1.29 is 18.1 Å². The zero-order valence-electron chi connectivity index (χ0n) is 4.53. The van der Waals surface area contributed by atoms with Crippen LogP contribution in [0.1, 0.15) is 0 Å². The molecule has 0 bridgehead atoms. The van der Waals surface area contributed by atoms with Crippen LogP contribution < -0.4 is 0 Å². The predicted molar refractivity (Wildman–Crippen MR) is 33.2 cm³/mol. The van der Waals surface area contributed by atoms with E-state index in [1.165, 1.54) is 0 Å². The Morgan fingerprint density at radius 3 is 1.62 bits per heavy atom. The molecule has 1 unspecified atom stereocenters. The van der Waals surface area contributed by atoms with Gasteiger partial charge in [0.15, 0.2) is 0 Å². The quantitative estimate of drug-likeness (QED) is 0.527. The maximum absolute atomic E-state index is 9.26. The Morgan fingerprint density at radius 2 is 1.62 bits per heavy atom. The first kappa shape index (κ1) is 15.8. The molecule has 8 heavy (non-hydrogen) atoms. The molecule has 0 aromatic rings.